The van der Waals surface area contributed by atoms with Gasteiger partial charge in [-0.3, -0.25) is 4.79 Å². The summed E-state index contributed by atoms with van der Waals surface area (Å²) >= 11 is 0. The number of hydrogen-bond donors (Lipinski definition) is 2. The number of nitrogens with zero attached hydrogens (tertiary/aromatic N) is 1. The summed E-state index contributed by atoms with van der Waals surface area (Å²) in [7, 11) is -3.95. The van der Waals surface area contributed by atoms with Gasteiger partial charge in [0.25, 0.3) is 0 Å². The van der Waals surface area contributed by atoms with Crippen LogP contribution in [0.2, 0.25) is 0 Å². The van der Waals surface area contributed by atoms with Gasteiger partial charge >= 0.3 is 6.18 Å². The van der Waals surface area contributed by atoms with Crippen LogP contribution in [0, 0.1) is 0 Å². The molecule has 10 heteroatoms. The van der Waals surface area contributed by atoms with Gasteiger partial charge in [0, 0.05) is 13.0 Å². The highest BCUT2D eigenvalue weighted by atomic mass is 32.2. The Labute approximate surface area is 118 Å². The second-order valence-corrected chi connectivity index (χ2v) is 6.54. The summed E-state index contributed by atoms with van der Waals surface area (Å²) in [5.41, 5.74) is 4.40. The summed E-state index contributed by atoms with van der Waals surface area (Å²) in [6.45, 7) is -0.316. The SMILES string of the molecule is Nc1ccc(C(F)(F)F)cc1N1CC(S(N)(=O)=O)CC1=O. The molecule has 1 aromatic rings. The number of alkyl halides is 3. The molecule has 2 rings (SSSR count). The number of sulfonamides is 1. The summed E-state index contributed by atoms with van der Waals surface area (Å²) in [4.78, 5) is 12.7. The van der Waals surface area contributed by atoms with Crippen molar-refractivity contribution in [2.45, 2.75) is 17.8 Å². The first-order valence-corrected chi connectivity index (χ1v) is 7.40. The van der Waals surface area contributed by atoms with Crippen LogP contribution in [-0.4, -0.2) is 26.1 Å². The Kier molecular flexibility index (Phi) is 3.62. The van der Waals surface area contributed by atoms with Crippen LogP contribution in [-0.2, 0) is 21.0 Å². The molecule has 1 aliphatic heterocycles. The van der Waals surface area contributed by atoms with Crippen molar-refractivity contribution in [3.63, 3.8) is 0 Å². The van der Waals surface area contributed by atoms with Crippen LogP contribution in [0.3, 0.4) is 0 Å². The molecule has 0 aromatic heterocycles. The van der Waals surface area contributed by atoms with E-state index in [9.17, 15) is 26.4 Å². The molecule has 1 saturated heterocycles. The smallest absolute Gasteiger partial charge is 0.397 e. The average molecular weight is 323 g/mol. The standard InChI is InChI=1S/C11H12F3N3O3S/c12-11(13,14)6-1-2-8(15)9(3-6)17-5-7(4-10(17)18)21(16,19)20/h1-3,7H,4-5,15H2,(H2,16,19,20). The third-order valence-corrected chi connectivity index (χ3v) is 4.45. The summed E-state index contributed by atoms with van der Waals surface area (Å²) in [6, 6.07) is 2.53. The van der Waals surface area contributed by atoms with Crippen LogP contribution in [0.25, 0.3) is 0 Å². The molecule has 1 amide bonds. The van der Waals surface area contributed by atoms with Crippen molar-refractivity contribution in [1.82, 2.24) is 0 Å². The van der Waals surface area contributed by atoms with Gasteiger partial charge in [-0.2, -0.15) is 13.2 Å². The zero-order chi connectivity index (χ0) is 16.0. The topological polar surface area (TPSA) is 106 Å². The first-order valence-electron chi connectivity index (χ1n) is 5.79. The molecule has 116 valence electrons. The highest BCUT2D eigenvalue weighted by molar-refractivity contribution is 7.89. The lowest BCUT2D eigenvalue weighted by Crippen LogP contribution is -2.32. The molecule has 1 unspecified atom stereocenters. The second kappa shape index (κ2) is 4.88. The average Bonchev–Trinajstić information content (AvgIpc) is 2.70. The number of benzene rings is 1. The fourth-order valence-electron chi connectivity index (χ4n) is 2.08. The molecule has 4 N–H and O–H groups in total. The van der Waals surface area contributed by atoms with E-state index in [2.05, 4.69) is 0 Å². The lowest BCUT2D eigenvalue weighted by molar-refractivity contribution is -0.137. The van der Waals surface area contributed by atoms with Gasteiger partial charge in [-0.25, -0.2) is 13.6 Å². The highest BCUT2D eigenvalue weighted by Crippen LogP contribution is 2.36. The highest BCUT2D eigenvalue weighted by Gasteiger charge is 2.39. The van der Waals surface area contributed by atoms with Gasteiger partial charge < -0.3 is 10.6 Å². The van der Waals surface area contributed by atoms with E-state index in [1.54, 1.807) is 0 Å². The van der Waals surface area contributed by atoms with Crippen molar-refractivity contribution in [2.24, 2.45) is 5.14 Å². The molecule has 0 bridgehead atoms. The molecular formula is C11H12F3N3O3S. The number of amides is 1. The third-order valence-electron chi connectivity index (χ3n) is 3.20. The van der Waals surface area contributed by atoms with E-state index < -0.39 is 32.9 Å². The predicted octanol–water partition coefficient (Wildman–Crippen LogP) is 0.681. The van der Waals surface area contributed by atoms with E-state index in [0.29, 0.717) is 0 Å². The number of halogens is 3. The van der Waals surface area contributed by atoms with E-state index in [4.69, 9.17) is 10.9 Å². The summed E-state index contributed by atoms with van der Waals surface area (Å²) in [5.74, 6) is -0.639. The first kappa shape index (κ1) is 15.6. The van der Waals surface area contributed by atoms with E-state index >= 15 is 0 Å². The third kappa shape index (κ3) is 3.10. The molecule has 6 nitrogen and oxygen atoms in total. The monoisotopic (exact) mass is 323 g/mol. The van der Waals surface area contributed by atoms with Crippen LogP contribution in [0.4, 0.5) is 24.5 Å². The van der Waals surface area contributed by atoms with Crippen LogP contribution in [0.1, 0.15) is 12.0 Å². The van der Waals surface area contributed by atoms with Crippen LogP contribution < -0.4 is 15.8 Å². The van der Waals surface area contributed by atoms with Gasteiger partial charge in [0.1, 0.15) is 5.25 Å². The quantitative estimate of drug-likeness (QED) is 0.781. The zero-order valence-corrected chi connectivity index (χ0v) is 11.4. The molecule has 0 spiro atoms. The molecule has 0 radical (unpaired) electrons. The largest absolute Gasteiger partial charge is 0.416 e. The van der Waals surface area contributed by atoms with Crippen molar-refractivity contribution in [3.05, 3.63) is 23.8 Å². The predicted molar refractivity (Wildman–Crippen MR) is 69.7 cm³/mol. The van der Waals surface area contributed by atoms with Gasteiger partial charge in [-0.15, -0.1) is 0 Å². The Morgan fingerprint density at radius 1 is 1.29 bits per heavy atom. The second-order valence-electron chi connectivity index (χ2n) is 4.69. The fraction of sp³-hybridized carbons (Fsp3) is 0.364. The Morgan fingerprint density at radius 2 is 1.90 bits per heavy atom. The Morgan fingerprint density at radius 3 is 2.38 bits per heavy atom. The number of anilines is 2. The Bertz CT molecular complexity index is 688. The van der Waals surface area contributed by atoms with E-state index in [1.165, 1.54) is 0 Å². The number of hydrogen-bond acceptors (Lipinski definition) is 4. The maximum atomic E-state index is 12.7. The number of rotatable bonds is 2. The number of nitrogens with two attached hydrogens (primary N) is 2. The summed E-state index contributed by atoms with van der Waals surface area (Å²) in [5, 5.41) is 3.81. The van der Waals surface area contributed by atoms with Crippen LogP contribution in [0.15, 0.2) is 18.2 Å². The molecule has 1 atom stereocenters. The van der Waals surface area contributed by atoms with Crippen molar-refractivity contribution in [1.29, 1.82) is 0 Å². The maximum Gasteiger partial charge on any atom is 0.416 e. The minimum atomic E-state index is -4.59. The minimum absolute atomic E-state index is 0.0496. The normalized spacial score (nSPS) is 20.1. The van der Waals surface area contributed by atoms with Gasteiger partial charge in [0.05, 0.1) is 16.9 Å². The first-order chi connectivity index (χ1) is 9.50. The fourth-order valence-corrected chi connectivity index (χ4v) is 2.81. The summed E-state index contributed by atoms with van der Waals surface area (Å²) < 4.78 is 60.6. The van der Waals surface area contributed by atoms with E-state index in [0.717, 1.165) is 23.1 Å². The molecule has 0 aliphatic carbocycles. The van der Waals surface area contributed by atoms with Crippen molar-refractivity contribution in [2.75, 3.05) is 17.2 Å². The number of carbonyl (C=O) groups is 1. The van der Waals surface area contributed by atoms with Gasteiger partial charge in [-0.05, 0) is 18.2 Å². The number of nitrogen functional groups attached to an aromatic ring is 1. The molecular weight excluding hydrogens is 311 g/mol. The Balaban J connectivity index is 2.41. The zero-order valence-electron chi connectivity index (χ0n) is 10.6. The van der Waals surface area contributed by atoms with Crippen LogP contribution in [0.5, 0.6) is 0 Å². The minimum Gasteiger partial charge on any atom is -0.397 e. The molecule has 21 heavy (non-hydrogen) atoms. The van der Waals surface area contributed by atoms with Crippen molar-refractivity contribution >= 4 is 27.3 Å². The van der Waals surface area contributed by atoms with Crippen molar-refractivity contribution in [3.8, 4) is 0 Å². The number of carbonyl (C=O) groups excluding carboxylic acids is 1. The number of primary sulfonamides is 1. The summed E-state index contributed by atoms with van der Waals surface area (Å²) in [6.07, 6.45) is -4.97. The van der Waals surface area contributed by atoms with E-state index in [-0.39, 0.29) is 24.3 Å². The molecule has 1 heterocycles. The van der Waals surface area contributed by atoms with Crippen LogP contribution >= 0.6 is 0 Å². The Hall–Kier alpha value is -1.81. The van der Waals surface area contributed by atoms with Crippen molar-refractivity contribution < 1.29 is 26.4 Å². The van der Waals surface area contributed by atoms with Gasteiger partial charge in [-0.1, -0.05) is 0 Å². The lowest BCUT2D eigenvalue weighted by atomic mass is 10.1. The molecule has 1 aliphatic rings. The maximum absolute atomic E-state index is 12.7. The molecule has 0 saturated carbocycles. The molecule has 1 aromatic carbocycles. The van der Waals surface area contributed by atoms with Gasteiger partial charge in [0.15, 0.2) is 0 Å². The molecule has 1 fully saturated rings. The van der Waals surface area contributed by atoms with E-state index in [1.807, 2.05) is 0 Å². The van der Waals surface area contributed by atoms with Gasteiger partial charge in [0.2, 0.25) is 15.9 Å². The lowest BCUT2D eigenvalue weighted by Gasteiger charge is -2.20.